The minimum atomic E-state index is 0.0811. The molecule has 0 fully saturated rings. The molecule has 0 radical (unpaired) electrons. The zero-order valence-corrected chi connectivity index (χ0v) is 23.5. The van der Waals surface area contributed by atoms with Crippen molar-refractivity contribution in [2.75, 3.05) is 26.3 Å². The van der Waals surface area contributed by atoms with Crippen LogP contribution in [0.4, 0.5) is 0 Å². The SMILES string of the molecule is Cc1cc(CNCCO)ccc1OCc1cccc(-c2cccc(-c3nc4ccc(CNCCO)cn4n3)c2C#N)c1. The molecule has 0 aliphatic rings. The lowest BCUT2D eigenvalue weighted by Gasteiger charge is -2.13. The van der Waals surface area contributed by atoms with Gasteiger partial charge >= 0.3 is 0 Å². The quantitative estimate of drug-likeness (QED) is 0.159. The van der Waals surface area contributed by atoms with E-state index in [1.54, 1.807) is 4.52 Å². The Morgan fingerprint density at radius 2 is 1.60 bits per heavy atom. The van der Waals surface area contributed by atoms with Gasteiger partial charge in [-0.25, -0.2) is 9.50 Å². The maximum absolute atomic E-state index is 10.2. The number of nitrogens with zero attached hydrogens (tertiary/aromatic N) is 4. The molecule has 5 rings (SSSR count). The van der Waals surface area contributed by atoms with Crippen molar-refractivity contribution in [3.05, 3.63) is 107 Å². The van der Waals surface area contributed by atoms with Gasteiger partial charge in [0.25, 0.3) is 0 Å². The van der Waals surface area contributed by atoms with Crippen LogP contribution in [0.2, 0.25) is 0 Å². The van der Waals surface area contributed by atoms with E-state index in [4.69, 9.17) is 14.9 Å². The summed E-state index contributed by atoms with van der Waals surface area (Å²) in [6.07, 6.45) is 1.90. The van der Waals surface area contributed by atoms with E-state index in [0.717, 1.165) is 39.1 Å². The van der Waals surface area contributed by atoms with E-state index in [1.165, 1.54) is 0 Å². The molecule has 0 saturated heterocycles. The van der Waals surface area contributed by atoms with E-state index in [-0.39, 0.29) is 13.2 Å². The number of aliphatic hydroxyl groups excluding tert-OH is 2. The Labute approximate surface area is 245 Å². The molecular formula is C33H34N6O3. The van der Waals surface area contributed by atoms with Crippen molar-refractivity contribution in [1.82, 2.24) is 25.2 Å². The molecule has 0 amide bonds. The summed E-state index contributed by atoms with van der Waals surface area (Å²) in [7, 11) is 0. The molecule has 214 valence electrons. The van der Waals surface area contributed by atoms with Crippen molar-refractivity contribution in [2.45, 2.75) is 26.6 Å². The average molecular weight is 563 g/mol. The van der Waals surface area contributed by atoms with Gasteiger partial charge < -0.3 is 25.6 Å². The number of pyridine rings is 1. The highest BCUT2D eigenvalue weighted by atomic mass is 16.5. The number of ether oxygens (including phenoxy) is 1. The number of aryl methyl sites for hydroxylation is 1. The van der Waals surface area contributed by atoms with Crippen LogP contribution in [-0.4, -0.2) is 51.1 Å². The van der Waals surface area contributed by atoms with Gasteiger partial charge in [-0.1, -0.05) is 48.5 Å². The summed E-state index contributed by atoms with van der Waals surface area (Å²) in [5.41, 5.74) is 7.77. The summed E-state index contributed by atoms with van der Waals surface area (Å²) in [5.74, 6) is 1.30. The second-order valence-electron chi connectivity index (χ2n) is 10.0. The maximum Gasteiger partial charge on any atom is 0.183 e. The number of rotatable bonds is 13. The van der Waals surface area contributed by atoms with Gasteiger partial charge in [-0.15, -0.1) is 5.10 Å². The molecule has 2 heterocycles. The van der Waals surface area contributed by atoms with E-state index in [9.17, 15) is 5.26 Å². The number of aromatic nitrogens is 3. The predicted molar refractivity (Wildman–Crippen MR) is 162 cm³/mol. The highest BCUT2D eigenvalue weighted by Crippen LogP contribution is 2.31. The molecule has 0 spiro atoms. The van der Waals surface area contributed by atoms with Crippen LogP contribution in [-0.2, 0) is 19.7 Å². The lowest BCUT2D eigenvalue weighted by molar-refractivity contribution is 0.291. The van der Waals surface area contributed by atoms with E-state index >= 15 is 0 Å². The summed E-state index contributed by atoms with van der Waals surface area (Å²) >= 11 is 0. The molecule has 5 aromatic rings. The van der Waals surface area contributed by atoms with Crippen LogP contribution in [0.3, 0.4) is 0 Å². The Morgan fingerprint density at radius 1 is 0.857 bits per heavy atom. The van der Waals surface area contributed by atoms with Crippen LogP contribution in [0.15, 0.2) is 79.0 Å². The molecule has 0 atom stereocenters. The number of hydrogen-bond donors (Lipinski definition) is 4. The molecule has 9 nitrogen and oxygen atoms in total. The summed E-state index contributed by atoms with van der Waals surface area (Å²) in [6.45, 7) is 4.99. The molecule has 3 aromatic carbocycles. The molecule has 9 heteroatoms. The first-order valence-corrected chi connectivity index (χ1v) is 13.9. The minimum absolute atomic E-state index is 0.0811. The Morgan fingerprint density at radius 3 is 2.36 bits per heavy atom. The summed E-state index contributed by atoms with van der Waals surface area (Å²) in [6, 6.07) is 26.1. The fourth-order valence-corrected chi connectivity index (χ4v) is 4.84. The molecule has 0 saturated carbocycles. The topological polar surface area (TPSA) is 128 Å². The Kier molecular flexibility index (Phi) is 9.54. The van der Waals surface area contributed by atoms with Gasteiger partial charge in [0.2, 0.25) is 0 Å². The van der Waals surface area contributed by atoms with Crippen LogP contribution in [0, 0.1) is 18.3 Å². The van der Waals surface area contributed by atoms with Crippen molar-refractivity contribution in [3.63, 3.8) is 0 Å². The second-order valence-corrected chi connectivity index (χ2v) is 10.0. The van der Waals surface area contributed by atoms with Gasteiger partial charge in [-0.05, 0) is 59.0 Å². The fourth-order valence-electron chi connectivity index (χ4n) is 4.84. The van der Waals surface area contributed by atoms with E-state index in [1.807, 2.05) is 79.9 Å². The normalized spacial score (nSPS) is 11.1. The first kappa shape index (κ1) is 28.9. The molecule has 0 bridgehead atoms. The summed E-state index contributed by atoms with van der Waals surface area (Å²) in [5, 5.41) is 39.2. The smallest absolute Gasteiger partial charge is 0.183 e. The van der Waals surface area contributed by atoms with Crippen LogP contribution in [0.25, 0.3) is 28.2 Å². The van der Waals surface area contributed by atoms with Crippen LogP contribution < -0.4 is 15.4 Å². The lowest BCUT2D eigenvalue weighted by atomic mass is 9.95. The Balaban J connectivity index is 1.35. The van der Waals surface area contributed by atoms with Crippen molar-refractivity contribution in [2.24, 2.45) is 0 Å². The Hall–Kier alpha value is -4.59. The van der Waals surface area contributed by atoms with E-state index in [2.05, 4.69) is 32.9 Å². The first-order valence-electron chi connectivity index (χ1n) is 13.9. The largest absolute Gasteiger partial charge is 0.489 e. The average Bonchev–Trinajstić information content (AvgIpc) is 3.44. The van der Waals surface area contributed by atoms with Gasteiger partial charge in [0.05, 0.1) is 18.8 Å². The van der Waals surface area contributed by atoms with Gasteiger partial charge in [-0.2, -0.15) is 5.26 Å². The molecule has 0 unspecified atom stereocenters. The van der Waals surface area contributed by atoms with Gasteiger partial charge in [0.1, 0.15) is 18.4 Å². The van der Waals surface area contributed by atoms with Crippen molar-refractivity contribution >= 4 is 5.65 Å². The van der Waals surface area contributed by atoms with Crippen LogP contribution in [0.1, 0.15) is 27.8 Å². The molecule has 0 aliphatic heterocycles. The zero-order chi connectivity index (χ0) is 29.3. The standard InChI is InChI=1S/C33H34N6O3/c1-23-16-24(19-35-12-14-40)8-10-31(23)42-22-25-4-2-5-27(17-25)28-6-3-7-29(30(28)18-34)33-37-32-11-9-26(20-36-13-15-41)21-39(32)38-33/h2-11,16-17,21,35-36,40-41H,12-15,19-20,22H2,1H3. The van der Waals surface area contributed by atoms with Crippen LogP contribution in [0.5, 0.6) is 5.75 Å². The zero-order valence-electron chi connectivity index (χ0n) is 23.5. The van der Waals surface area contributed by atoms with Crippen molar-refractivity contribution in [1.29, 1.82) is 5.26 Å². The Bertz CT molecular complexity index is 1710. The monoisotopic (exact) mass is 562 g/mol. The molecule has 4 N–H and O–H groups in total. The van der Waals surface area contributed by atoms with Crippen LogP contribution >= 0.6 is 0 Å². The van der Waals surface area contributed by atoms with E-state index in [0.29, 0.717) is 55.4 Å². The third-order valence-corrected chi connectivity index (χ3v) is 6.92. The second kappa shape index (κ2) is 13.9. The molecule has 2 aromatic heterocycles. The van der Waals surface area contributed by atoms with Crippen molar-refractivity contribution < 1.29 is 14.9 Å². The number of benzene rings is 3. The van der Waals surface area contributed by atoms with E-state index < -0.39 is 0 Å². The van der Waals surface area contributed by atoms with Gasteiger partial charge in [0, 0.05) is 43.5 Å². The molecule has 42 heavy (non-hydrogen) atoms. The third-order valence-electron chi connectivity index (χ3n) is 6.92. The molecular weight excluding hydrogens is 528 g/mol. The highest BCUT2D eigenvalue weighted by molar-refractivity contribution is 5.80. The maximum atomic E-state index is 10.2. The highest BCUT2D eigenvalue weighted by Gasteiger charge is 2.16. The fraction of sp³-hybridized carbons (Fsp3) is 0.242. The number of hydrogen-bond acceptors (Lipinski definition) is 8. The predicted octanol–water partition coefficient (Wildman–Crippen LogP) is 3.99. The number of fused-ring (bicyclic) bond motifs is 1. The summed E-state index contributed by atoms with van der Waals surface area (Å²) in [4.78, 5) is 4.68. The third kappa shape index (κ3) is 6.82. The lowest BCUT2D eigenvalue weighted by Crippen LogP contribution is -2.17. The number of nitrogens with one attached hydrogen (secondary N) is 2. The van der Waals surface area contributed by atoms with Gasteiger partial charge in [0.15, 0.2) is 11.5 Å². The number of aliphatic hydroxyl groups is 2. The number of nitriles is 1. The first-order chi connectivity index (χ1) is 20.6. The summed E-state index contributed by atoms with van der Waals surface area (Å²) < 4.78 is 7.87. The molecule has 0 aliphatic carbocycles. The minimum Gasteiger partial charge on any atom is -0.489 e. The van der Waals surface area contributed by atoms with Crippen molar-refractivity contribution in [3.8, 4) is 34.3 Å². The van der Waals surface area contributed by atoms with Gasteiger partial charge in [-0.3, -0.25) is 0 Å².